The second-order valence-corrected chi connectivity index (χ2v) is 7.55. The number of hydrogen-bond acceptors (Lipinski definition) is 6. The van der Waals surface area contributed by atoms with Crippen molar-refractivity contribution in [3.05, 3.63) is 123 Å². The number of pyridine rings is 2. The molecule has 0 N–H and O–H groups in total. The second kappa shape index (κ2) is 14.1. The fraction of sp³-hybridized carbons (Fsp3) is 0. The summed E-state index contributed by atoms with van der Waals surface area (Å²) in [5, 5.41) is 16.4. The number of nitrogens with zero attached hydrogens (tertiary/aromatic N) is 10. The third-order valence-corrected chi connectivity index (χ3v) is 4.96. The van der Waals surface area contributed by atoms with Crippen molar-refractivity contribution in [2.24, 2.45) is 0 Å². The van der Waals surface area contributed by atoms with E-state index in [9.17, 15) is 0 Å². The Kier molecular flexibility index (Phi) is 10.3. The maximum atomic E-state index is 4.19. The van der Waals surface area contributed by atoms with E-state index >= 15 is 0 Å². The first kappa shape index (κ1) is 25.4. The minimum absolute atomic E-state index is 0. The average molecular weight is 506 g/mol. The summed E-state index contributed by atoms with van der Waals surface area (Å²) in [6.07, 6.45) is 18.5. The van der Waals surface area contributed by atoms with Gasteiger partial charge in [-0.3, -0.25) is 9.97 Å². The maximum Gasteiger partial charge on any atom is 2.00 e. The van der Waals surface area contributed by atoms with Crippen molar-refractivity contribution in [3.8, 4) is 11.4 Å². The first-order chi connectivity index (χ1) is 16.9. The minimum Gasteiger partial charge on any atom is -0.429 e. The molecule has 0 bridgehead atoms. The molecule has 176 valence electrons. The number of aromatic nitrogens is 10. The van der Waals surface area contributed by atoms with Gasteiger partial charge in [-0.1, -0.05) is 12.1 Å². The van der Waals surface area contributed by atoms with Crippen molar-refractivity contribution in [2.75, 3.05) is 0 Å². The molecule has 0 aliphatic rings. The van der Waals surface area contributed by atoms with Crippen LogP contribution < -0.4 is 0 Å². The summed E-state index contributed by atoms with van der Waals surface area (Å²) in [6, 6.07) is 19.3. The molecule has 35 heavy (non-hydrogen) atoms. The van der Waals surface area contributed by atoms with E-state index in [2.05, 4.69) is 30.4 Å². The molecule has 6 aromatic rings. The number of hydrogen-bond donors (Lipinski definition) is 0. The fourth-order valence-corrected chi connectivity index (χ4v) is 3.30. The van der Waals surface area contributed by atoms with Gasteiger partial charge in [0.25, 0.3) is 0 Å². The van der Waals surface area contributed by atoms with Crippen LogP contribution in [0.5, 0.6) is 0 Å². The molecule has 0 aliphatic carbocycles. The van der Waals surface area contributed by atoms with E-state index in [0.717, 1.165) is 11.4 Å². The van der Waals surface area contributed by atoms with E-state index in [4.69, 9.17) is 0 Å². The monoisotopic (exact) mass is 506 g/mol. The van der Waals surface area contributed by atoms with E-state index in [-0.39, 0.29) is 17.1 Å². The smallest absolute Gasteiger partial charge is 0.429 e. The summed E-state index contributed by atoms with van der Waals surface area (Å²) in [6.45, 7) is 0. The van der Waals surface area contributed by atoms with E-state index < -0.39 is 15.1 Å². The first-order valence-corrected chi connectivity index (χ1v) is 11.1. The van der Waals surface area contributed by atoms with Crippen molar-refractivity contribution in [1.82, 2.24) is 48.7 Å². The van der Waals surface area contributed by atoms with Crippen LogP contribution in [0.3, 0.4) is 0 Å². The van der Waals surface area contributed by atoms with Crippen LogP contribution in [0, 0.1) is 0 Å². The first-order valence-electron chi connectivity index (χ1n) is 11.1. The molecular weight excluding hydrogens is 482 g/mol. The molecule has 0 amide bonds. The van der Waals surface area contributed by atoms with Gasteiger partial charge in [0.05, 0.1) is 11.4 Å². The van der Waals surface area contributed by atoms with E-state index in [1.807, 2.05) is 104 Å². The van der Waals surface area contributed by atoms with Crippen LogP contribution in [0.1, 0.15) is 0 Å². The maximum absolute atomic E-state index is 4.19. The Hall–Kier alpha value is -4.21. The molecule has 6 aromatic heterocycles. The fourth-order valence-electron chi connectivity index (χ4n) is 3.30. The zero-order valence-corrected chi connectivity index (χ0v) is 20.5. The summed E-state index contributed by atoms with van der Waals surface area (Å²) >= 11 is 0. The van der Waals surface area contributed by atoms with Crippen LogP contribution in [0.2, 0.25) is 0 Å². The van der Waals surface area contributed by atoms with Crippen LogP contribution in [-0.4, -0.2) is 63.8 Å². The molecule has 0 fully saturated rings. The summed E-state index contributed by atoms with van der Waals surface area (Å²) in [5.74, 6) is 0. The molecule has 10 nitrogen and oxygen atoms in total. The van der Waals surface area contributed by atoms with Gasteiger partial charge < -0.3 is 18.4 Å². The quantitative estimate of drug-likeness (QED) is 0.325. The van der Waals surface area contributed by atoms with E-state index in [1.54, 1.807) is 37.2 Å². The van der Waals surface area contributed by atoms with Crippen molar-refractivity contribution < 1.29 is 17.1 Å². The molecule has 0 aliphatic heterocycles. The standard InChI is InChI=1S/C10H8N2.2C6H8BN4.Fe/c1-3-7-11-9(5-1)10-6-2-4-8-12-10;2*1-3-8-10(5-1)7-11-6-2-4-9-11;/h1-8H;2*1-6H,7H2;/q;2*-1;+2. The molecular formula is C22H24B2FeN10. The molecule has 13 heteroatoms. The van der Waals surface area contributed by atoms with Gasteiger partial charge in [-0.25, -0.2) is 20.4 Å². The van der Waals surface area contributed by atoms with Gasteiger partial charge in [0.2, 0.25) is 0 Å². The van der Waals surface area contributed by atoms with Crippen LogP contribution >= 0.6 is 0 Å². The molecule has 0 saturated carbocycles. The third-order valence-electron chi connectivity index (χ3n) is 4.96. The van der Waals surface area contributed by atoms with Crippen molar-refractivity contribution >= 4 is 15.1 Å². The minimum atomic E-state index is -0.417. The molecule has 0 saturated heterocycles. The Bertz CT molecular complexity index is 1110. The zero-order valence-electron chi connectivity index (χ0n) is 19.4. The predicted molar refractivity (Wildman–Crippen MR) is 135 cm³/mol. The van der Waals surface area contributed by atoms with Gasteiger partial charge in [-0.15, -0.1) is 0 Å². The molecule has 0 aromatic carbocycles. The van der Waals surface area contributed by atoms with Gasteiger partial charge in [-0.05, 0) is 73.3 Å². The molecule has 0 unspecified atom stereocenters. The third kappa shape index (κ3) is 8.58. The summed E-state index contributed by atoms with van der Waals surface area (Å²) in [4.78, 5) is 8.37. The summed E-state index contributed by atoms with van der Waals surface area (Å²) in [5.41, 5.74) is 1.83. The van der Waals surface area contributed by atoms with E-state index in [1.165, 1.54) is 0 Å². The normalized spacial score (nSPS) is 9.71. The Morgan fingerprint density at radius 3 is 1.00 bits per heavy atom. The van der Waals surface area contributed by atoms with Crippen LogP contribution in [0.15, 0.2) is 123 Å². The topological polar surface area (TPSA) is 97.1 Å². The Morgan fingerprint density at radius 2 is 0.771 bits per heavy atom. The van der Waals surface area contributed by atoms with Crippen LogP contribution in [0.25, 0.3) is 11.4 Å². The van der Waals surface area contributed by atoms with Gasteiger partial charge in [-0.2, -0.15) is 0 Å². The van der Waals surface area contributed by atoms with Gasteiger partial charge in [0.1, 0.15) is 0 Å². The van der Waals surface area contributed by atoms with Crippen molar-refractivity contribution in [1.29, 1.82) is 0 Å². The Morgan fingerprint density at radius 1 is 0.429 bits per heavy atom. The van der Waals surface area contributed by atoms with Crippen LogP contribution in [0.4, 0.5) is 0 Å². The number of rotatable bonds is 5. The van der Waals surface area contributed by atoms with Gasteiger partial charge in [0.15, 0.2) is 15.1 Å². The van der Waals surface area contributed by atoms with Gasteiger partial charge in [0, 0.05) is 37.2 Å². The largest absolute Gasteiger partial charge is 2.00 e. The molecule has 6 heterocycles. The van der Waals surface area contributed by atoms with Crippen LogP contribution in [-0.2, 0) is 17.1 Å². The Labute approximate surface area is 214 Å². The molecule has 0 spiro atoms. The molecule has 0 atom stereocenters. The van der Waals surface area contributed by atoms with Crippen molar-refractivity contribution in [3.63, 3.8) is 0 Å². The van der Waals surface area contributed by atoms with E-state index in [0.29, 0.717) is 0 Å². The molecule has 6 rings (SSSR count). The SMILES string of the molecule is [BH2-](n1cccn1)n1cccn1.[BH2-](n1cccn1)n1cccn1.[Fe+2].c1ccc(-c2ccccn2)nc1. The Balaban J connectivity index is 0.000000145. The summed E-state index contributed by atoms with van der Waals surface area (Å²) < 4.78 is 7.75. The zero-order chi connectivity index (χ0) is 23.3. The predicted octanol–water partition coefficient (Wildman–Crippen LogP) is 1.09. The van der Waals surface area contributed by atoms with Gasteiger partial charge >= 0.3 is 17.1 Å². The molecule has 0 radical (unpaired) electrons. The summed E-state index contributed by atoms with van der Waals surface area (Å²) in [7, 11) is -0.833. The average Bonchev–Trinajstić information content (AvgIpc) is 3.71. The second-order valence-electron chi connectivity index (χ2n) is 7.55. The van der Waals surface area contributed by atoms with Crippen molar-refractivity contribution in [2.45, 2.75) is 0 Å².